The molecule has 2 aromatic carbocycles. The minimum atomic E-state index is 0.0259. The quantitative estimate of drug-likeness (QED) is 0.491. The summed E-state index contributed by atoms with van der Waals surface area (Å²) >= 11 is 0.0259. The molecular formula is C24H30N2O3Se. The summed E-state index contributed by atoms with van der Waals surface area (Å²) in [5.41, 5.74) is 2.85. The van der Waals surface area contributed by atoms with Crippen LogP contribution in [0, 0.1) is 12.8 Å². The molecule has 0 bridgehead atoms. The molecule has 5 nitrogen and oxygen atoms in total. The zero-order valence-corrected chi connectivity index (χ0v) is 19.7. The van der Waals surface area contributed by atoms with Crippen molar-refractivity contribution in [3.63, 3.8) is 0 Å². The number of rotatable bonds is 7. The van der Waals surface area contributed by atoms with Gasteiger partial charge in [-0.3, -0.25) is 0 Å². The Hall–Kier alpha value is -2.01. The fourth-order valence-corrected chi connectivity index (χ4v) is 6.37. The second kappa shape index (κ2) is 9.42. The van der Waals surface area contributed by atoms with Gasteiger partial charge in [-0.25, -0.2) is 0 Å². The van der Waals surface area contributed by atoms with Crippen LogP contribution in [0.3, 0.4) is 0 Å². The fourth-order valence-electron chi connectivity index (χ4n) is 4.23. The van der Waals surface area contributed by atoms with E-state index in [2.05, 4.69) is 36.1 Å². The van der Waals surface area contributed by atoms with E-state index in [9.17, 15) is 4.79 Å². The van der Waals surface area contributed by atoms with Crippen molar-refractivity contribution in [2.45, 2.75) is 39.3 Å². The Balaban J connectivity index is 1.34. The van der Waals surface area contributed by atoms with Crippen LogP contribution in [0.4, 0.5) is 0 Å². The minimum absolute atomic E-state index is 0.0259. The summed E-state index contributed by atoms with van der Waals surface area (Å²) in [5.74, 6) is 2.03. The molecule has 160 valence electrons. The van der Waals surface area contributed by atoms with Crippen LogP contribution in [0.25, 0.3) is 9.65 Å². The van der Waals surface area contributed by atoms with Crippen molar-refractivity contribution in [2.75, 3.05) is 27.3 Å². The number of benzene rings is 2. The van der Waals surface area contributed by atoms with Gasteiger partial charge in [-0.05, 0) is 6.92 Å². The molecule has 0 saturated carbocycles. The van der Waals surface area contributed by atoms with Crippen LogP contribution in [0.1, 0.15) is 30.4 Å². The molecule has 0 amide bonds. The third kappa shape index (κ3) is 4.66. The molecule has 0 N–H and O–H groups in total. The van der Waals surface area contributed by atoms with Crippen molar-refractivity contribution in [2.24, 2.45) is 5.92 Å². The van der Waals surface area contributed by atoms with Crippen LogP contribution in [0.15, 0.2) is 41.2 Å². The summed E-state index contributed by atoms with van der Waals surface area (Å²) in [5, 5.41) is 0.778. The predicted octanol–water partition coefficient (Wildman–Crippen LogP) is 3.69. The van der Waals surface area contributed by atoms with E-state index in [-0.39, 0.29) is 20.3 Å². The van der Waals surface area contributed by atoms with E-state index >= 15 is 0 Å². The maximum absolute atomic E-state index is 12.9. The van der Waals surface area contributed by atoms with Gasteiger partial charge in [0.1, 0.15) is 0 Å². The first-order valence-corrected chi connectivity index (χ1v) is 12.2. The van der Waals surface area contributed by atoms with E-state index in [0.29, 0.717) is 17.4 Å². The normalized spacial score (nSPS) is 15.6. The predicted molar refractivity (Wildman–Crippen MR) is 122 cm³/mol. The summed E-state index contributed by atoms with van der Waals surface area (Å²) < 4.78 is 13.9. The van der Waals surface area contributed by atoms with Gasteiger partial charge in [0.25, 0.3) is 0 Å². The third-order valence-electron chi connectivity index (χ3n) is 6.13. The Morgan fingerprint density at radius 3 is 2.37 bits per heavy atom. The van der Waals surface area contributed by atoms with Gasteiger partial charge >= 0.3 is 177 Å². The number of ether oxygens (including phenoxy) is 2. The molecule has 3 aromatic rings. The van der Waals surface area contributed by atoms with Crippen molar-refractivity contribution in [1.29, 1.82) is 0 Å². The zero-order valence-electron chi connectivity index (χ0n) is 18.0. The Morgan fingerprint density at radius 1 is 1.03 bits per heavy atom. The van der Waals surface area contributed by atoms with Gasteiger partial charge < -0.3 is 0 Å². The van der Waals surface area contributed by atoms with E-state index in [1.54, 1.807) is 14.2 Å². The first-order valence-electron chi connectivity index (χ1n) is 10.6. The molecule has 1 fully saturated rings. The van der Waals surface area contributed by atoms with Crippen molar-refractivity contribution in [3.05, 3.63) is 57.9 Å². The van der Waals surface area contributed by atoms with E-state index in [0.717, 1.165) is 42.2 Å². The van der Waals surface area contributed by atoms with Crippen LogP contribution in [-0.4, -0.2) is 50.5 Å². The van der Waals surface area contributed by atoms with Gasteiger partial charge in [0.05, 0.1) is 0 Å². The third-order valence-corrected chi connectivity index (χ3v) is 8.44. The van der Waals surface area contributed by atoms with Gasteiger partial charge in [-0.2, -0.15) is 0 Å². The molecule has 1 aliphatic heterocycles. The Labute approximate surface area is 184 Å². The topological polar surface area (TPSA) is 43.7 Å². The number of fused-ring (bicyclic) bond motifs is 1. The number of piperidine rings is 1. The van der Waals surface area contributed by atoms with Crippen LogP contribution >= 0.6 is 0 Å². The fraction of sp³-hybridized carbons (Fsp3) is 0.458. The number of hydrogen-bond donors (Lipinski definition) is 0. The molecule has 0 unspecified atom stereocenters. The SMILES string of the molecule is COc1cc2[se]n(CCC3CCN(Cc4ccc(C)cc4)CC3)c(=O)c2cc1OC. The first-order chi connectivity index (χ1) is 14.6. The number of likely N-dealkylation sites (tertiary alicyclic amines) is 1. The molecule has 6 heteroatoms. The van der Waals surface area contributed by atoms with E-state index in [4.69, 9.17) is 9.47 Å². The van der Waals surface area contributed by atoms with Gasteiger partial charge in [-0.1, -0.05) is 0 Å². The second-order valence-corrected chi connectivity index (χ2v) is 10.4. The summed E-state index contributed by atoms with van der Waals surface area (Å²) in [6, 6.07) is 12.7. The Bertz CT molecular complexity index is 1050. The molecule has 0 atom stereocenters. The van der Waals surface area contributed by atoms with Gasteiger partial charge in [0, 0.05) is 0 Å². The van der Waals surface area contributed by atoms with Crippen molar-refractivity contribution < 1.29 is 9.47 Å². The molecule has 30 heavy (non-hydrogen) atoms. The van der Waals surface area contributed by atoms with Crippen LogP contribution < -0.4 is 15.0 Å². The number of aryl methyl sites for hydroxylation is 2. The zero-order chi connectivity index (χ0) is 21.1. The summed E-state index contributed by atoms with van der Waals surface area (Å²) in [4.78, 5) is 15.4. The van der Waals surface area contributed by atoms with Crippen LogP contribution in [0.5, 0.6) is 11.5 Å². The number of hydrogen-bond acceptors (Lipinski definition) is 4. The molecule has 0 radical (unpaired) electrons. The van der Waals surface area contributed by atoms with Crippen molar-refractivity contribution >= 4 is 24.4 Å². The standard InChI is InChI=1S/C24H30N2O3Se/c1-17-4-6-19(7-5-17)16-25-11-8-18(9-12-25)10-13-26-24(27)20-14-21(28-2)22(29-3)15-23(20)30-26/h4-7,14-15,18H,8-13,16H2,1-3H3. The maximum atomic E-state index is 12.9. The van der Waals surface area contributed by atoms with Gasteiger partial charge in [0.15, 0.2) is 0 Å². The van der Waals surface area contributed by atoms with E-state index in [1.165, 1.54) is 24.0 Å². The molecule has 2 heterocycles. The summed E-state index contributed by atoms with van der Waals surface area (Å²) in [6.07, 6.45) is 3.53. The Kier molecular flexibility index (Phi) is 6.67. The molecule has 0 aliphatic carbocycles. The van der Waals surface area contributed by atoms with Gasteiger partial charge in [-0.15, -0.1) is 0 Å². The van der Waals surface area contributed by atoms with E-state index in [1.807, 2.05) is 15.7 Å². The second-order valence-electron chi connectivity index (χ2n) is 8.20. The average Bonchev–Trinajstić information content (AvgIpc) is 3.08. The molecular weight excluding hydrogens is 443 g/mol. The summed E-state index contributed by atoms with van der Waals surface area (Å²) in [6.45, 7) is 6.31. The van der Waals surface area contributed by atoms with Crippen LogP contribution in [0.2, 0.25) is 0 Å². The monoisotopic (exact) mass is 474 g/mol. The first kappa shape index (κ1) is 21.2. The Morgan fingerprint density at radius 2 is 1.70 bits per heavy atom. The van der Waals surface area contributed by atoms with E-state index < -0.39 is 0 Å². The number of aromatic nitrogens is 1. The van der Waals surface area contributed by atoms with Gasteiger partial charge in [0.2, 0.25) is 0 Å². The molecule has 1 aromatic heterocycles. The molecule has 1 aliphatic rings. The average molecular weight is 473 g/mol. The van der Waals surface area contributed by atoms with Crippen LogP contribution in [-0.2, 0) is 13.1 Å². The molecule has 0 spiro atoms. The molecule has 4 rings (SSSR count). The number of methoxy groups -OCH3 is 2. The molecule has 1 saturated heterocycles. The van der Waals surface area contributed by atoms with Crippen molar-refractivity contribution in [3.8, 4) is 11.5 Å². The summed E-state index contributed by atoms with van der Waals surface area (Å²) in [7, 11) is 3.24. The van der Waals surface area contributed by atoms with Crippen molar-refractivity contribution in [1.82, 2.24) is 8.46 Å². The number of nitrogens with zero attached hydrogens (tertiary/aromatic N) is 2.